The van der Waals surface area contributed by atoms with Gasteiger partial charge in [-0.25, -0.2) is 0 Å². The number of aliphatic hydroxyl groups is 3. The third-order valence-electron chi connectivity index (χ3n) is 6.95. The van der Waals surface area contributed by atoms with Crippen LogP contribution in [-0.4, -0.2) is 34.1 Å². The Kier molecular flexibility index (Phi) is 5.44. The monoisotopic (exact) mass is 322 g/mol. The second kappa shape index (κ2) is 6.70. The van der Waals surface area contributed by atoms with E-state index >= 15 is 0 Å². The normalized spacial score (nSPS) is 38.0. The molecule has 0 saturated heterocycles. The molecule has 2 rings (SSSR count). The summed E-state index contributed by atoms with van der Waals surface area (Å²) in [4.78, 5) is 0. The molecule has 0 spiro atoms. The van der Waals surface area contributed by atoms with Crippen LogP contribution in [0.15, 0.2) is 24.3 Å². The number of aliphatic hydroxyl groups excluding tert-OH is 3. The molecule has 132 valence electrons. The smallest absolute Gasteiger partial charge is 0.0978 e. The summed E-state index contributed by atoms with van der Waals surface area (Å²) in [6.07, 6.45) is 4.61. The van der Waals surface area contributed by atoms with E-state index in [0.717, 1.165) is 38.5 Å². The van der Waals surface area contributed by atoms with E-state index in [4.69, 9.17) is 5.11 Å². The number of fused-ring (bicyclic) bond motifs is 1. The second-order valence-corrected chi connectivity index (χ2v) is 8.58. The summed E-state index contributed by atoms with van der Waals surface area (Å²) in [7, 11) is 0. The van der Waals surface area contributed by atoms with Crippen LogP contribution >= 0.6 is 0 Å². The van der Waals surface area contributed by atoms with Crippen molar-refractivity contribution in [3.8, 4) is 0 Å². The van der Waals surface area contributed by atoms with E-state index < -0.39 is 6.10 Å². The van der Waals surface area contributed by atoms with E-state index in [-0.39, 0.29) is 23.5 Å². The van der Waals surface area contributed by atoms with Gasteiger partial charge in [0.1, 0.15) is 0 Å². The summed E-state index contributed by atoms with van der Waals surface area (Å²) in [5, 5.41) is 29.3. The first-order chi connectivity index (χ1) is 10.6. The highest BCUT2D eigenvalue weighted by molar-refractivity contribution is 5.18. The Morgan fingerprint density at radius 2 is 1.96 bits per heavy atom. The Morgan fingerprint density at radius 3 is 2.57 bits per heavy atom. The maximum atomic E-state index is 10.5. The molecule has 0 bridgehead atoms. The summed E-state index contributed by atoms with van der Waals surface area (Å²) in [5.41, 5.74) is 2.11. The predicted molar refractivity (Wildman–Crippen MR) is 93.9 cm³/mol. The van der Waals surface area contributed by atoms with Gasteiger partial charge < -0.3 is 15.3 Å². The average molecular weight is 322 g/mol. The van der Waals surface area contributed by atoms with Gasteiger partial charge in [0.25, 0.3) is 0 Å². The zero-order valence-corrected chi connectivity index (χ0v) is 15.0. The third kappa shape index (κ3) is 3.29. The number of hydrogen-bond acceptors (Lipinski definition) is 3. The van der Waals surface area contributed by atoms with Crippen LogP contribution in [0.1, 0.15) is 59.3 Å². The molecule has 0 aromatic rings. The van der Waals surface area contributed by atoms with Crippen LogP contribution in [0.3, 0.4) is 0 Å². The molecule has 23 heavy (non-hydrogen) atoms. The molecule has 0 heterocycles. The highest BCUT2D eigenvalue weighted by Crippen LogP contribution is 2.61. The lowest BCUT2D eigenvalue weighted by atomic mass is 9.46. The molecule has 3 nitrogen and oxygen atoms in total. The zero-order valence-electron chi connectivity index (χ0n) is 15.0. The fourth-order valence-corrected chi connectivity index (χ4v) is 5.32. The molecule has 3 N–H and O–H groups in total. The summed E-state index contributed by atoms with van der Waals surface area (Å²) in [6, 6.07) is 0. The van der Waals surface area contributed by atoms with Crippen molar-refractivity contribution in [2.24, 2.45) is 22.7 Å². The Labute approximate surface area is 141 Å². The highest BCUT2D eigenvalue weighted by Gasteiger charge is 2.55. The molecule has 2 aliphatic rings. The maximum absolute atomic E-state index is 10.5. The fourth-order valence-electron chi connectivity index (χ4n) is 5.32. The van der Waals surface area contributed by atoms with Crippen LogP contribution in [-0.2, 0) is 0 Å². The van der Waals surface area contributed by atoms with E-state index in [0.29, 0.717) is 17.4 Å². The van der Waals surface area contributed by atoms with E-state index in [1.165, 1.54) is 5.57 Å². The van der Waals surface area contributed by atoms with Gasteiger partial charge in [-0.2, -0.15) is 0 Å². The van der Waals surface area contributed by atoms with Crippen LogP contribution in [0, 0.1) is 22.7 Å². The largest absolute Gasteiger partial charge is 0.393 e. The van der Waals surface area contributed by atoms with Gasteiger partial charge >= 0.3 is 0 Å². The average Bonchev–Trinajstić information content (AvgIpc) is 2.49. The van der Waals surface area contributed by atoms with Crippen molar-refractivity contribution in [2.75, 3.05) is 6.61 Å². The first-order valence-corrected chi connectivity index (χ1v) is 8.97. The maximum Gasteiger partial charge on any atom is 0.0978 e. The van der Waals surface area contributed by atoms with Crippen molar-refractivity contribution in [1.29, 1.82) is 0 Å². The lowest BCUT2D eigenvalue weighted by Crippen LogP contribution is -2.54. The van der Waals surface area contributed by atoms with E-state index in [9.17, 15) is 10.2 Å². The Balaban J connectivity index is 2.18. The van der Waals surface area contributed by atoms with Gasteiger partial charge in [0, 0.05) is 0 Å². The van der Waals surface area contributed by atoms with Gasteiger partial charge in [-0.05, 0) is 66.8 Å². The SMILES string of the molecule is C=C(CC[C@@H]1C(=C)CC[C@@H]2C(C)(C)[C@@H](O)CC[C@@]12C)[C@H](O)CO. The van der Waals surface area contributed by atoms with E-state index in [2.05, 4.69) is 33.9 Å². The molecule has 2 aliphatic carbocycles. The molecule has 0 aromatic carbocycles. The van der Waals surface area contributed by atoms with Crippen LogP contribution in [0.2, 0.25) is 0 Å². The molecule has 0 aliphatic heterocycles. The molecule has 0 aromatic heterocycles. The van der Waals surface area contributed by atoms with Gasteiger partial charge in [0.15, 0.2) is 0 Å². The molecular formula is C20H34O3. The fraction of sp³-hybridized carbons (Fsp3) is 0.800. The third-order valence-corrected chi connectivity index (χ3v) is 6.95. The van der Waals surface area contributed by atoms with Gasteiger partial charge in [0.05, 0.1) is 18.8 Å². The quantitative estimate of drug-likeness (QED) is 0.680. The van der Waals surface area contributed by atoms with Crippen molar-refractivity contribution in [1.82, 2.24) is 0 Å². The first kappa shape index (κ1) is 18.7. The number of allylic oxidation sites excluding steroid dienone is 1. The van der Waals surface area contributed by atoms with Gasteiger partial charge in [-0.1, -0.05) is 39.5 Å². The Bertz CT molecular complexity index is 468. The van der Waals surface area contributed by atoms with Crippen LogP contribution in [0.5, 0.6) is 0 Å². The lowest BCUT2D eigenvalue weighted by Gasteiger charge is -2.59. The molecule has 2 saturated carbocycles. The van der Waals surface area contributed by atoms with Crippen molar-refractivity contribution < 1.29 is 15.3 Å². The van der Waals surface area contributed by atoms with Gasteiger partial charge in [-0.15, -0.1) is 0 Å². The Hall–Kier alpha value is -0.640. The lowest BCUT2D eigenvalue weighted by molar-refractivity contribution is -0.125. The van der Waals surface area contributed by atoms with Crippen molar-refractivity contribution in [2.45, 2.75) is 71.5 Å². The van der Waals surface area contributed by atoms with E-state index in [1.54, 1.807) is 0 Å². The number of hydrogen-bond donors (Lipinski definition) is 3. The molecule has 0 unspecified atom stereocenters. The highest BCUT2D eigenvalue weighted by atomic mass is 16.3. The first-order valence-electron chi connectivity index (χ1n) is 8.97. The summed E-state index contributed by atoms with van der Waals surface area (Å²) < 4.78 is 0. The summed E-state index contributed by atoms with van der Waals surface area (Å²) >= 11 is 0. The van der Waals surface area contributed by atoms with Crippen molar-refractivity contribution >= 4 is 0 Å². The van der Waals surface area contributed by atoms with Gasteiger partial charge in [-0.3, -0.25) is 0 Å². The van der Waals surface area contributed by atoms with Gasteiger partial charge in [0.2, 0.25) is 0 Å². The molecular weight excluding hydrogens is 288 g/mol. The standard InChI is InChI=1S/C20H34O3/c1-13-7-9-17-19(3,4)18(23)10-11-20(17,5)15(13)8-6-14(2)16(22)12-21/h15-18,21-23H,1-2,6-12H2,3-5H3/t15-,16-,17-,18+,20+/m1/s1. The predicted octanol–water partition coefficient (Wildman–Crippen LogP) is 3.45. The molecule has 5 atom stereocenters. The summed E-state index contributed by atoms with van der Waals surface area (Å²) in [5.74, 6) is 0.890. The topological polar surface area (TPSA) is 60.7 Å². The zero-order chi connectivity index (χ0) is 17.4. The van der Waals surface area contributed by atoms with Crippen LogP contribution in [0.25, 0.3) is 0 Å². The van der Waals surface area contributed by atoms with Crippen molar-refractivity contribution in [3.05, 3.63) is 24.3 Å². The van der Waals surface area contributed by atoms with Crippen LogP contribution in [0.4, 0.5) is 0 Å². The summed E-state index contributed by atoms with van der Waals surface area (Å²) in [6.45, 7) is 14.8. The molecule has 2 fully saturated rings. The van der Waals surface area contributed by atoms with E-state index in [1.807, 2.05) is 0 Å². The molecule has 3 heteroatoms. The Morgan fingerprint density at radius 1 is 1.30 bits per heavy atom. The molecule has 0 radical (unpaired) electrons. The minimum Gasteiger partial charge on any atom is -0.393 e. The van der Waals surface area contributed by atoms with Crippen molar-refractivity contribution in [3.63, 3.8) is 0 Å². The second-order valence-electron chi connectivity index (χ2n) is 8.58. The minimum absolute atomic E-state index is 0.0619. The minimum atomic E-state index is -0.819. The number of rotatable bonds is 5. The molecule has 0 amide bonds. The van der Waals surface area contributed by atoms with Crippen LogP contribution < -0.4 is 0 Å².